The number of carbonyl (C=O) groups is 1. The third-order valence-corrected chi connectivity index (χ3v) is 3.21. The van der Waals surface area contributed by atoms with Gasteiger partial charge in [0.2, 0.25) is 0 Å². The molecule has 0 aromatic heterocycles. The van der Waals surface area contributed by atoms with Crippen molar-refractivity contribution in [2.24, 2.45) is 0 Å². The molecule has 0 saturated carbocycles. The zero-order chi connectivity index (χ0) is 13.0. The van der Waals surface area contributed by atoms with Crippen LogP contribution in [0.25, 0.3) is 0 Å². The van der Waals surface area contributed by atoms with Gasteiger partial charge in [0.05, 0.1) is 5.56 Å². The van der Waals surface area contributed by atoms with E-state index in [-0.39, 0.29) is 5.91 Å². The molecule has 0 bridgehead atoms. The highest BCUT2D eigenvalue weighted by Gasteiger charge is 2.08. The summed E-state index contributed by atoms with van der Waals surface area (Å²) in [4.78, 5) is 12.0. The van der Waals surface area contributed by atoms with Crippen LogP contribution in [0.4, 0.5) is 5.69 Å². The standard InChI is InChI=1S/C14H13BrN2O/c15-13-7-2-1-6-12(13)14(18)17-9-10-4-3-5-11(16)8-10/h1-8H,9,16H2,(H,17,18). The summed E-state index contributed by atoms with van der Waals surface area (Å²) in [5.41, 5.74) is 7.99. The van der Waals surface area contributed by atoms with Gasteiger partial charge < -0.3 is 11.1 Å². The van der Waals surface area contributed by atoms with Crippen LogP contribution in [0, 0.1) is 0 Å². The molecule has 0 fully saturated rings. The lowest BCUT2D eigenvalue weighted by Gasteiger charge is -2.07. The van der Waals surface area contributed by atoms with Crippen LogP contribution in [0.15, 0.2) is 53.0 Å². The zero-order valence-corrected chi connectivity index (χ0v) is 11.3. The highest BCUT2D eigenvalue weighted by atomic mass is 79.9. The fourth-order valence-electron chi connectivity index (χ4n) is 1.63. The number of amides is 1. The molecule has 18 heavy (non-hydrogen) atoms. The Labute approximate surface area is 114 Å². The minimum atomic E-state index is -0.107. The SMILES string of the molecule is Nc1cccc(CNC(=O)c2ccccc2Br)c1. The van der Waals surface area contributed by atoms with E-state index in [4.69, 9.17) is 5.73 Å². The van der Waals surface area contributed by atoms with E-state index >= 15 is 0 Å². The summed E-state index contributed by atoms with van der Waals surface area (Å²) in [6.07, 6.45) is 0. The van der Waals surface area contributed by atoms with Crippen molar-refractivity contribution in [1.82, 2.24) is 5.32 Å². The Bertz CT molecular complexity index is 569. The molecule has 2 aromatic carbocycles. The molecule has 0 aliphatic heterocycles. The minimum Gasteiger partial charge on any atom is -0.399 e. The summed E-state index contributed by atoms with van der Waals surface area (Å²) < 4.78 is 0.787. The zero-order valence-electron chi connectivity index (χ0n) is 9.69. The molecule has 1 amide bonds. The molecular weight excluding hydrogens is 292 g/mol. The molecule has 0 aliphatic carbocycles. The van der Waals surface area contributed by atoms with Crippen molar-refractivity contribution in [3.63, 3.8) is 0 Å². The van der Waals surface area contributed by atoms with E-state index in [0.29, 0.717) is 17.8 Å². The van der Waals surface area contributed by atoms with Crippen LogP contribution in [-0.2, 0) is 6.54 Å². The van der Waals surface area contributed by atoms with Gasteiger partial charge in [-0.25, -0.2) is 0 Å². The van der Waals surface area contributed by atoms with E-state index in [0.717, 1.165) is 10.0 Å². The molecule has 3 nitrogen and oxygen atoms in total. The summed E-state index contributed by atoms with van der Waals surface area (Å²) >= 11 is 3.35. The number of rotatable bonds is 3. The average molecular weight is 305 g/mol. The van der Waals surface area contributed by atoms with Crippen molar-refractivity contribution in [1.29, 1.82) is 0 Å². The van der Waals surface area contributed by atoms with Gasteiger partial charge in [0.25, 0.3) is 5.91 Å². The predicted octanol–water partition coefficient (Wildman–Crippen LogP) is 2.96. The Hall–Kier alpha value is -1.81. The Balaban J connectivity index is 2.03. The fourth-order valence-corrected chi connectivity index (χ4v) is 2.09. The van der Waals surface area contributed by atoms with Gasteiger partial charge in [0.15, 0.2) is 0 Å². The minimum absolute atomic E-state index is 0.107. The van der Waals surface area contributed by atoms with Gasteiger partial charge in [-0.2, -0.15) is 0 Å². The Kier molecular flexibility index (Phi) is 3.99. The highest BCUT2D eigenvalue weighted by Crippen LogP contribution is 2.15. The molecule has 0 radical (unpaired) electrons. The Morgan fingerprint density at radius 2 is 1.94 bits per heavy atom. The van der Waals surface area contributed by atoms with Gasteiger partial charge in [-0.3, -0.25) is 4.79 Å². The monoisotopic (exact) mass is 304 g/mol. The van der Waals surface area contributed by atoms with Crippen LogP contribution >= 0.6 is 15.9 Å². The van der Waals surface area contributed by atoms with Crippen LogP contribution in [-0.4, -0.2) is 5.91 Å². The number of hydrogen-bond acceptors (Lipinski definition) is 2. The van der Waals surface area contributed by atoms with Crippen LogP contribution in [0.3, 0.4) is 0 Å². The van der Waals surface area contributed by atoms with Crippen LogP contribution in [0.2, 0.25) is 0 Å². The summed E-state index contributed by atoms with van der Waals surface area (Å²) in [5, 5.41) is 2.86. The van der Waals surface area contributed by atoms with Crippen molar-refractivity contribution >= 4 is 27.5 Å². The van der Waals surface area contributed by atoms with E-state index in [1.165, 1.54) is 0 Å². The summed E-state index contributed by atoms with van der Waals surface area (Å²) in [7, 11) is 0. The molecule has 0 aliphatic rings. The van der Waals surface area contributed by atoms with E-state index in [1.54, 1.807) is 6.07 Å². The Morgan fingerprint density at radius 1 is 1.17 bits per heavy atom. The van der Waals surface area contributed by atoms with E-state index < -0.39 is 0 Å². The van der Waals surface area contributed by atoms with Crippen molar-refractivity contribution in [3.8, 4) is 0 Å². The molecule has 3 N–H and O–H groups in total. The first kappa shape index (κ1) is 12.6. The van der Waals surface area contributed by atoms with Crippen LogP contribution < -0.4 is 11.1 Å². The van der Waals surface area contributed by atoms with Crippen molar-refractivity contribution in [2.75, 3.05) is 5.73 Å². The topological polar surface area (TPSA) is 55.1 Å². The van der Waals surface area contributed by atoms with Gasteiger partial charge in [0, 0.05) is 16.7 Å². The highest BCUT2D eigenvalue weighted by molar-refractivity contribution is 9.10. The fraction of sp³-hybridized carbons (Fsp3) is 0.0714. The van der Waals surface area contributed by atoms with E-state index in [1.807, 2.05) is 42.5 Å². The Morgan fingerprint density at radius 3 is 2.67 bits per heavy atom. The second-order valence-corrected chi connectivity index (χ2v) is 4.76. The lowest BCUT2D eigenvalue weighted by Crippen LogP contribution is -2.23. The summed E-state index contributed by atoms with van der Waals surface area (Å²) in [6.45, 7) is 0.463. The molecule has 2 aromatic rings. The van der Waals surface area contributed by atoms with Gasteiger partial charge in [-0.1, -0.05) is 24.3 Å². The second-order valence-electron chi connectivity index (χ2n) is 3.91. The van der Waals surface area contributed by atoms with Gasteiger partial charge in [-0.05, 0) is 45.8 Å². The first-order valence-electron chi connectivity index (χ1n) is 5.54. The molecule has 92 valence electrons. The average Bonchev–Trinajstić information content (AvgIpc) is 2.37. The number of nitrogens with two attached hydrogens (primary N) is 1. The lowest BCUT2D eigenvalue weighted by molar-refractivity contribution is 0.0950. The quantitative estimate of drug-likeness (QED) is 0.857. The molecule has 2 rings (SSSR count). The lowest BCUT2D eigenvalue weighted by atomic mass is 10.2. The molecule has 0 heterocycles. The van der Waals surface area contributed by atoms with Crippen LogP contribution in [0.1, 0.15) is 15.9 Å². The smallest absolute Gasteiger partial charge is 0.252 e. The maximum Gasteiger partial charge on any atom is 0.252 e. The number of carbonyl (C=O) groups excluding carboxylic acids is 1. The van der Waals surface area contributed by atoms with Gasteiger partial charge in [-0.15, -0.1) is 0 Å². The number of hydrogen-bond donors (Lipinski definition) is 2. The van der Waals surface area contributed by atoms with Gasteiger partial charge in [0.1, 0.15) is 0 Å². The van der Waals surface area contributed by atoms with Crippen molar-refractivity contribution in [3.05, 3.63) is 64.1 Å². The van der Waals surface area contributed by atoms with Crippen molar-refractivity contribution < 1.29 is 4.79 Å². The molecular formula is C14H13BrN2O. The summed E-state index contributed by atoms with van der Waals surface area (Å²) in [5.74, 6) is -0.107. The van der Waals surface area contributed by atoms with E-state index in [9.17, 15) is 4.79 Å². The third-order valence-electron chi connectivity index (χ3n) is 2.52. The molecule has 0 atom stereocenters. The molecule has 0 unspecified atom stereocenters. The normalized spacial score (nSPS) is 10.1. The second kappa shape index (κ2) is 5.69. The molecule has 0 saturated heterocycles. The summed E-state index contributed by atoms with van der Waals surface area (Å²) in [6, 6.07) is 14.8. The van der Waals surface area contributed by atoms with Crippen LogP contribution in [0.5, 0.6) is 0 Å². The molecule has 0 spiro atoms. The number of halogens is 1. The first-order valence-corrected chi connectivity index (χ1v) is 6.33. The van der Waals surface area contributed by atoms with Crippen molar-refractivity contribution in [2.45, 2.75) is 6.54 Å². The number of benzene rings is 2. The first-order chi connectivity index (χ1) is 8.66. The largest absolute Gasteiger partial charge is 0.399 e. The van der Waals surface area contributed by atoms with E-state index in [2.05, 4.69) is 21.2 Å². The number of nitrogen functional groups attached to an aromatic ring is 1. The maximum absolute atomic E-state index is 12.0. The maximum atomic E-state index is 12.0. The number of anilines is 1. The van der Waals surface area contributed by atoms with Gasteiger partial charge >= 0.3 is 0 Å². The predicted molar refractivity (Wildman–Crippen MR) is 76.2 cm³/mol. The number of nitrogens with one attached hydrogen (secondary N) is 1. The molecule has 4 heteroatoms. The third kappa shape index (κ3) is 3.11.